The molecule has 0 bridgehead atoms. The van der Waals surface area contributed by atoms with Gasteiger partial charge in [0, 0.05) is 12.6 Å². The molecule has 1 aliphatic rings. The van der Waals surface area contributed by atoms with Crippen molar-refractivity contribution in [2.75, 3.05) is 11.9 Å². The van der Waals surface area contributed by atoms with Crippen molar-refractivity contribution in [2.45, 2.75) is 6.10 Å². The number of ether oxygens (including phenoxy) is 1. The van der Waals surface area contributed by atoms with Gasteiger partial charge in [0.25, 0.3) is 5.91 Å². The van der Waals surface area contributed by atoms with E-state index in [9.17, 15) is 9.18 Å². The highest BCUT2D eigenvalue weighted by molar-refractivity contribution is 5.97. The molecule has 0 spiro atoms. The van der Waals surface area contributed by atoms with Gasteiger partial charge >= 0.3 is 0 Å². The summed E-state index contributed by atoms with van der Waals surface area (Å²) in [6, 6.07) is 3.93. The Labute approximate surface area is 79.9 Å². The van der Waals surface area contributed by atoms with Gasteiger partial charge in [-0.15, -0.1) is 0 Å². The first-order chi connectivity index (χ1) is 6.70. The van der Waals surface area contributed by atoms with Gasteiger partial charge in [-0.3, -0.25) is 4.79 Å². The molecular formula is C9H9FN2O2. The van der Waals surface area contributed by atoms with Crippen LogP contribution in [0, 0.1) is 5.82 Å². The summed E-state index contributed by atoms with van der Waals surface area (Å²) in [6.07, 6.45) is -0.732. The van der Waals surface area contributed by atoms with E-state index in [2.05, 4.69) is 5.32 Å². The third-order valence-corrected chi connectivity index (χ3v) is 1.98. The number of nitrogens with two attached hydrogens (primary N) is 1. The van der Waals surface area contributed by atoms with Gasteiger partial charge in [-0.2, -0.15) is 0 Å². The lowest BCUT2D eigenvalue weighted by atomic mass is 10.2. The maximum absolute atomic E-state index is 12.8. The van der Waals surface area contributed by atoms with E-state index in [1.54, 1.807) is 0 Å². The average molecular weight is 196 g/mol. The second kappa shape index (κ2) is 3.26. The lowest BCUT2D eigenvalue weighted by molar-refractivity contribution is -0.123. The number of halogens is 1. The summed E-state index contributed by atoms with van der Waals surface area (Å²) < 4.78 is 18.0. The van der Waals surface area contributed by atoms with Crippen molar-refractivity contribution in [1.29, 1.82) is 0 Å². The van der Waals surface area contributed by atoms with Crippen molar-refractivity contribution >= 4 is 11.6 Å². The Balaban J connectivity index is 2.36. The smallest absolute Gasteiger partial charge is 0.266 e. The molecule has 0 fully saturated rings. The molecule has 1 heterocycles. The fourth-order valence-electron chi connectivity index (χ4n) is 1.27. The highest BCUT2D eigenvalue weighted by Gasteiger charge is 2.26. The summed E-state index contributed by atoms with van der Waals surface area (Å²) in [5.74, 6) is -0.387. The Morgan fingerprint density at radius 3 is 3.07 bits per heavy atom. The van der Waals surface area contributed by atoms with E-state index in [1.807, 2.05) is 0 Å². The maximum Gasteiger partial charge on any atom is 0.266 e. The number of carbonyl (C=O) groups excluding carboxylic acids is 1. The van der Waals surface area contributed by atoms with Gasteiger partial charge < -0.3 is 15.8 Å². The molecule has 3 N–H and O–H groups in total. The molecule has 1 amide bonds. The fourth-order valence-corrected chi connectivity index (χ4v) is 1.27. The van der Waals surface area contributed by atoms with Crippen LogP contribution in [0.15, 0.2) is 18.2 Å². The van der Waals surface area contributed by atoms with Gasteiger partial charge in [0.2, 0.25) is 0 Å². The van der Waals surface area contributed by atoms with Crippen LogP contribution in [-0.2, 0) is 4.79 Å². The molecule has 5 heteroatoms. The van der Waals surface area contributed by atoms with Crippen molar-refractivity contribution in [1.82, 2.24) is 0 Å². The first-order valence-electron chi connectivity index (χ1n) is 4.18. The molecule has 4 nitrogen and oxygen atoms in total. The SMILES string of the molecule is NCC1Oc2cc(F)ccc2NC1=O. The Morgan fingerprint density at radius 2 is 2.36 bits per heavy atom. The molecule has 1 unspecified atom stereocenters. The number of nitrogens with one attached hydrogen (secondary N) is 1. The van der Waals surface area contributed by atoms with Crippen LogP contribution in [0.1, 0.15) is 0 Å². The Hall–Kier alpha value is -1.62. The summed E-state index contributed by atoms with van der Waals surface area (Å²) in [5, 5.41) is 2.58. The van der Waals surface area contributed by atoms with Crippen LogP contribution in [0.25, 0.3) is 0 Å². The van der Waals surface area contributed by atoms with Crippen molar-refractivity contribution in [3.8, 4) is 5.75 Å². The summed E-state index contributed by atoms with van der Waals surface area (Å²) in [5.41, 5.74) is 5.78. The molecule has 0 aliphatic carbocycles. The summed E-state index contributed by atoms with van der Waals surface area (Å²) in [6.45, 7) is 0.0712. The quantitative estimate of drug-likeness (QED) is 0.686. The molecule has 1 aromatic carbocycles. The van der Waals surface area contributed by atoms with Crippen molar-refractivity contribution in [3.05, 3.63) is 24.0 Å². The van der Waals surface area contributed by atoms with Crippen molar-refractivity contribution in [2.24, 2.45) is 5.73 Å². The molecule has 1 atom stereocenters. The number of hydrogen-bond donors (Lipinski definition) is 2. The monoisotopic (exact) mass is 196 g/mol. The molecular weight excluding hydrogens is 187 g/mol. The number of rotatable bonds is 1. The first kappa shape index (κ1) is 8.96. The Kier molecular flexibility index (Phi) is 2.09. The normalized spacial score (nSPS) is 19.6. The van der Waals surface area contributed by atoms with E-state index in [-0.39, 0.29) is 12.5 Å². The summed E-state index contributed by atoms with van der Waals surface area (Å²) >= 11 is 0. The molecule has 0 aromatic heterocycles. The molecule has 0 radical (unpaired) electrons. The molecule has 74 valence electrons. The van der Waals surface area contributed by atoms with Crippen molar-refractivity contribution in [3.63, 3.8) is 0 Å². The minimum atomic E-state index is -0.732. The van der Waals surface area contributed by atoms with Crippen LogP contribution in [0.4, 0.5) is 10.1 Å². The van der Waals surface area contributed by atoms with Crippen LogP contribution in [-0.4, -0.2) is 18.6 Å². The summed E-state index contributed by atoms with van der Waals surface area (Å²) in [4.78, 5) is 11.3. The second-order valence-corrected chi connectivity index (χ2v) is 2.97. The summed E-state index contributed by atoms with van der Waals surface area (Å²) in [7, 11) is 0. The van der Waals surface area contributed by atoms with Crippen LogP contribution in [0.2, 0.25) is 0 Å². The van der Waals surface area contributed by atoms with Gasteiger partial charge in [-0.25, -0.2) is 4.39 Å². The van der Waals surface area contributed by atoms with Gasteiger partial charge in [0.15, 0.2) is 6.10 Å². The first-order valence-corrected chi connectivity index (χ1v) is 4.18. The van der Waals surface area contributed by atoms with E-state index in [0.717, 1.165) is 0 Å². The molecule has 0 saturated carbocycles. The Bertz CT molecular complexity index is 381. The number of benzene rings is 1. The standard InChI is InChI=1S/C9H9FN2O2/c10-5-1-2-6-7(3-5)14-8(4-11)9(13)12-6/h1-3,8H,4,11H2,(H,12,13). The average Bonchev–Trinajstić information content (AvgIpc) is 2.17. The lowest BCUT2D eigenvalue weighted by Crippen LogP contribution is -2.42. The van der Waals surface area contributed by atoms with E-state index < -0.39 is 11.9 Å². The number of hydrogen-bond acceptors (Lipinski definition) is 3. The third kappa shape index (κ3) is 1.42. The molecule has 0 saturated heterocycles. The van der Waals surface area contributed by atoms with E-state index >= 15 is 0 Å². The van der Waals surface area contributed by atoms with Crippen LogP contribution >= 0.6 is 0 Å². The minimum absolute atomic E-state index is 0.0712. The molecule has 2 rings (SSSR count). The molecule has 1 aromatic rings. The molecule has 14 heavy (non-hydrogen) atoms. The van der Waals surface area contributed by atoms with Crippen LogP contribution in [0.3, 0.4) is 0 Å². The largest absolute Gasteiger partial charge is 0.477 e. The van der Waals surface area contributed by atoms with E-state index in [0.29, 0.717) is 11.4 Å². The van der Waals surface area contributed by atoms with E-state index in [4.69, 9.17) is 10.5 Å². The zero-order valence-corrected chi connectivity index (χ0v) is 7.29. The Morgan fingerprint density at radius 1 is 1.57 bits per heavy atom. The highest BCUT2D eigenvalue weighted by Crippen LogP contribution is 2.29. The third-order valence-electron chi connectivity index (χ3n) is 1.98. The predicted molar refractivity (Wildman–Crippen MR) is 48.5 cm³/mol. The number of anilines is 1. The maximum atomic E-state index is 12.8. The van der Waals surface area contributed by atoms with Gasteiger partial charge in [0.05, 0.1) is 5.69 Å². The van der Waals surface area contributed by atoms with Gasteiger partial charge in [0.1, 0.15) is 11.6 Å². The zero-order chi connectivity index (χ0) is 10.1. The number of amides is 1. The van der Waals surface area contributed by atoms with Crippen LogP contribution < -0.4 is 15.8 Å². The molecule has 1 aliphatic heterocycles. The predicted octanol–water partition coefficient (Wildman–Crippen LogP) is 0.484. The van der Waals surface area contributed by atoms with Crippen LogP contribution in [0.5, 0.6) is 5.75 Å². The second-order valence-electron chi connectivity index (χ2n) is 2.97. The van der Waals surface area contributed by atoms with Gasteiger partial charge in [-0.05, 0) is 12.1 Å². The van der Waals surface area contributed by atoms with E-state index in [1.165, 1.54) is 18.2 Å². The van der Waals surface area contributed by atoms with Gasteiger partial charge in [-0.1, -0.05) is 0 Å². The van der Waals surface area contributed by atoms with Crippen molar-refractivity contribution < 1.29 is 13.9 Å². The fraction of sp³-hybridized carbons (Fsp3) is 0.222. The topological polar surface area (TPSA) is 64.3 Å². The lowest BCUT2D eigenvalue weighted by Gasteiger charge is -2.24. The highest BCUT2D eigenvalue weighted by atomic mass is 19.1. The number of carbonyl (C=O) groups is 1. The zero-order valence-electron chi connectivity index (χ0n) is 7.29. The minimum Gasteiger partial charge on any atom is -0.477 e. The number of fused-ring (bicyclic) bond motifs is 1.